The summed E-state index contributed by atoms with van der Waals surface area (Å²) in [4.78, 5) is 23.1. The second-order valence-electron chi connectivity index (χ2n) is 5.12. The normalized spacial score (nSPS) is 10.0. The van der Waals surface area contributed by atoms with Crippen molar-refractivity contribution in [3.05, 3.63) is 53.1 Å². The van der Waals surface area contributed by atoms with Crippen LogP contribution in [0.25, 0.3) is 0 Å². The lowest BCUT2D eigenvalue weighted by Gasteiger charge is -2.11. The van der Waals surface area contributed by atoms with Crippen molar-refractivity contribution in [1.29, 1.82) is 0 Å². The number of hydrogen-bond acceptors (Lipinski definition) is 3. The van der Waals surface area contributed by atoms with Gasteiger partial charge in [0, 0.05) is 29.0 Å². The van der Waals surface area contributed by atoms with Gasteiger partial charge in [-0.25, -0.2) is 0 Å². The molecule has 0 radical (unpaired) electrons. The van der Waals surface area contributed by atoms with Gasteiger partial charge in [0.25, 0.3) is 0 Å². The molecule has 2 aromatic carbocycles. The fourth-order valence-electron chi connectivity index (χ4n) is 2.08. The van der Waals surface area contributed by atoms with Crippen LogP contribution in [-0.2, 0) is 9.59 Å². The van der Waals surface area contributed by atoms with E-state index in [0.29, 0.717) is 16.4 Å². The third kappa shape index (κ3) is 5.30. The molecular weight excluding hydrogens is 314 g/mol. The molecule has 0 aliphatic carbocycles. The fourth-order valence-corrected chi connectivity index (χ4v) is 2.31. The van der Waals surface area contributed by atoms with E-state index in [4.69, 9.17) is 11.6 Å². The first-order chi connectivity index (χ1) is 10.9. The van der Waals surface area contributed by atoms with Crippen LogP contribution in [0.3, 0.4) is 0 Å². The van der Waals surface area contributed by atoms with Crippen molar-refractivity contribution in [3.63, 3.8) is 0 Å². The van der Waals surface area contributed by atoms with Gasteiger partial charge in [-0.2, -0.15) is 0 Å². The molecule has 0 spiro atoms. The largest absolute Gasteiger partial charge is 0.376 e. The minimum atomic E-state index is -0.181. The number of hydrogen-bond donors (Lipinski definition) is 3. The molecule has 3 N–H and O–H groups in total. The smallest absolute Gasteiger partial charge is 0.243 e. The Labute approximate surface area is 140 Å². The van der Waals surface area contributed by atoms with Gasteiger partial charge in [-0.15, -0.1) is 0 Å². The number of rotatable bonds is 5. The summed E-state index contributed by atoms with van der Waals surface area (Å²) >= 11 is 5.90. The van der Waals surface area contributed by atoms with Gasteiger partial charge in [-0.3, -0.25) is 9.59 Å². The van der Waals surface area contributed by atoms with E-state index in [0.717, 1.165) is 11.3 Å². The second-order valence-corrected chi connectivity index (χ2v) is 5.56. The first kappa shape index (κ1) is 16.8. The number of aryl methyl sites for hydroxylation is 1. The molecule has 0 aliphatic rings. The predicted octanol–water partition coefficient (Wildman–Crippen LogP) is 3.66. The van der Waals surface area contributed by atoms with Crippen LogP contribution in [0.5, 0.6) is 0 Å². The summed E-state index contributed by atoms with van der Waals surface area (Å²) in [5.41, 5.74) is 3.09. The lowest BCUT2D eigenvalue weighted by atomic mass is 10.2. The Bertz CT molecular complexity index is 732. The standard InChI is InChI=1S/C17H18ClN3O2/c1-11-8-13(18)6-7-16(11)19-10-17(23)21-15-5-3-4-14(9-15)20-12(2)22/h3-9,19H,10H2,1-2H3,(H,20,22)(H,21,23). The Kier molecular flexibility index (Phi) is 5.60. The Balaban J connectivity index is 1.93. The Morgan fingerprint density at radius 2 is 1.74 bits per heavy atom. The monoisotopic (exact) mass is 331 g/mol. The molecule has 0 heterocycles. The van der Waals surface area contributed by atoms with Crippen molar-refractivity contribution in [1.82, 2.24) is 0 Å². The summed E-state index contributed by atoms with van der Waals surface area (Å²) in [5, 5.41) is 9.17. The minimum absolute atomic E-state index is 0.132. The maximum absolute atomic E-state index is 12.0. The van der Waals surface area contributed by atoms with Gasteiger partial charge in [-0.1, -0.05) is 17.7 Å². The van der Waals surface area contributed by atoms with Crippen LogP contribution in [0.1, 0.15) is 12.5 Å². The summed E-state index contributed by atoms with van der Waals surface area (Å²) in [7, 11) is 0. The number of anilines is 3. The molecule has 0 atom stereocenters. The summed E-state index contributed by atoms with van der Waals surface area (Å²) in [6.07, 6.45) is 0. The topological polar surface area (TPSA) is 70.2 Å². The first-order valence-corrected chi connectivity index (χ1v) is 7.49. The number of amides is 2. The summed E-state index contributed by atoms with van der Waals surface area (Å²) < 4.78 is 0. The molecule has 23 heavy (non-hydrogen) atoms. The average Bonchev–Trinajstić information content (AvgIpc) is 2.46. The van der Waals surface area contributed by atoms with Crippen LogP contribution < -0.4 is 16.0 Å². The van der Waals surface area contributed by atoms with Crippen LogP contribution in [0.2, 0.25) is 5.02 Å². The van der Waals surface area contributed by atoms with Crippen LogP contribution >= 0.6 is 11.6 Å². The Hall–Kier alpha value is -2.53. The molecule has 0 aliphatic heterocycles. The maximum atomic E-state index is 12.0. The summed E-state index contributed by atoms with van der Waals surface area (Å²) in [5.74, 6) is -0.340. The number of carbonyl (C=O) groups is 2. The van der Waals surface area contributed by atoms with E-state index in [9.17, 15) is 9.59 Å². The zero-order valence-corrected chi connectivity index (χ0v) is 13.7. The van der Waals surface area contributed by atoms with Crippen molar-refractivity contribution >= 4 is 40.5 Å². The second kappa shape index (κ2) is 7.65. The van der Waals surface area contributed by atoms with Gasteiger partial charge >= 0.3 is 0 Å². The number of carbonyl (C=O) groups excluding carboxylic acids is 2. The first-order valence-electron chi connectivity index (χ1n) is 7.11. The quantitative estimate of drug-likeness (QED) is 0.783. The molecule has 0 unspecified atom stereocenters. The lowest BCUT2D eigenvalue weighted by molar-refractivity contribution is -0.115. The van der Waals surface area contributed by atoms with Gasteiger partial charge in [-0.05, 0) is 48.9 Å². The van der Waals surface area contributed by atoms with Gasteiger partial charge < -0.3 is 16.0 Å². The molecule has 2 rings (SSSR count). The van der Waals surface area contributed by atoms with Gasteiger partial charge in [0.05, 0.1) is 6.54 Å². The van der Waals surface area contributed by atoms with Gasteiger partial charge in [0.15, 0.2) is 0 Å². The SMILES string of the molecule is CC(=O)Nc1cccc(NC(=O)CNc2ccc(Cl)cc2C)c1. The van der Waals surface area contributed by atoms with E-state index in [1.54, 1.807) is 30.3 Å². The highest BCUT2D eigenvalue weighted by Gasteiger charge is 2.05. The van der Waals surface area contributed by atoms with Crippen LogP contribution in [-0.4, -0.2) is 18.4 Å². The molecule has 6 heteroatoms. The summed E-state index contributed by atoms with van der Waals surface area (Å²) in [6.45, 7) is 3.49. The van der Waals surface area contributed by atoms with Crippen molar-refractivity contribution < 1.29 is 9.59 Å². The zero-order chi connectivity index (χ0) is 16.8. The van der Waals surface area contributed by atoms with Gasteiger partial charge in [0.2, 0.25) is 11.8 Å². The van der Waals surface area contributed by atoms with E-state index in [2.05, 4.69) is 16.0 Å². The van der Waals surface area contributed by atoms with Crippen molar-refractivity contribution in [2.45, 2.75) is 13.8 Å². The molecule has 0 fully saturated rings. The number of benzene rings is 2. The highest BCUT2D eigenvalue weighted by Crippen LogP contribution is 2.19. The van der Waals surface area contributed by atoms with Crippen LogP contribution in [0.15, 0.2) is 42.5 Å². The molecule has 2 aromatic rings. The van der Waals surface area contributed by atoms with Crippen molar-refractivity contribution in [2.75, 3.05) is 22.5 Å². The van der Waals surface area contributed by atoms with Crippen LogP contribution in [0.4, 0.5) is 17.1 Å². The van der Waals surface area contributed by atoms with E-state index < -0.39 is 0 Å². The molecular formula is C17H18ClN3O2. The molecule has 0 aromatic heterocycles. The Morgan fingerprint density at radius 1 is 1.04 bits per heavy atom. The van der Waals surface area contributed by atoms with E-state index in [-0.39, 0.29) is 18.4 Å². The highest BCUT2D eigenvalue weighted by atomic mass is 35.5. The summed E-state index contributed by atoms with van der Waals surface area (Å²) in [6, 6.07) is 12.4. The molecule has 0 saturated heterocycles. The van der Waals surface area contributed by atoms with E-state index in [1.165, 1.54) is 6.92 Å². The van der Waals surface area contributed by atoms with E-state index in [1.807, 2.05) is 19.1 Å². The third-order valence-corrected chi connectivity index (χ3v) is 3.33. The highest BCUT2D eigenvalue weighted by molar-refractivity contribution is 6.30. The predicted molar refractivity (Wildman–Crippen MR) is 94.1 cm³/mol. The lowest BCUT2D eigenvalue weighted by Crippen LogP contribution is -2.22. The van der Waals surface area contributed by atoms with Crippen LogP contribution in [0, 0.1) is 6.92 Å². The van der Waals surface area contributed by atoms with Crippen molar-refractivity contribution in [2.24, 2.45) is 0 Å². The van der Waals surface area contributed by atoms with Gasteiger partial charge in [0.1, 0.15) is 0 Å². The number of halogens is 1. The fraction of sp³-hybridized carbons (Fsp3) is 0.176. The molecule has 120 valence electrons. The molecule has 0 saturated carbocycles. The average molecular weight is 332 g/mol. The van der Waals surface area contributed by atoms with E-state index >= 15 is 0 Å². The Morgan fingerprint density at radius 3 is 2.39 bits per heavy atom. The third-order valence-electron chi connectivity index (χ3n) is 3.09. The minimum Gasteiger partial charge on any atom is -0.376 e. The molecule has 2 amide bonds. The zero-order valence-electron chi connectivity index (χ0n) is 12.9. The molecule has 0 bridgehead atoms. The van der Waals surface area contributed by atoms with Crippen molar-refractivity contribution in [3.8, 4) is 0 Å². The maximum Gasteiger partial charge on any atom is 0.243 e. The molecule has 5 nitrogen and oxygen atoms in total. The number of nitrogens with one attached hydrogen (secondary N) is 3.